The van der Waals surface area contributed by atoms with Gasteiger partial charge in [-0.15, -0.1) is 0 Å². The number of alkyl halides is 2. The maximum absolute atomic E-state index is 13.9. The summed E-state index contributed by atoms with van der Waals surface area (Å²) in [6.07, 6.45) is 6.08. The first kappa shape index (κ1) is 22.3. The van der Waals surface area contributed by atoms with Gasteiger partial charge >= 0.3 is 0 Å². The van der Waals surface area contributed by atoms with Gasteiger partial charge in [0, 0.05) is 37.5 Å². The molecule has 1 aromatic carbocycles. The Hall–Kier alpha value is -1.97. The molecule has 4 heteroatoms. The molecule has 1 aromatic rings. The van der Waals surface area contributed by atoms with Crippen LogP contribution in [0.2, 0.25) is 0 Å². The van der Waals surface area contributed by atoms with E-state index in [0.29, 0.717) is 12.1 Å². The lowest BCUT2D eigenvalue weighted by Crippen LogP contribution is -2.16. The van der Waals surface area contributed by atoms with Crippen molar-refractivity contribution < 1.29 is 8.78 Å². The normalized spacial score (nSPS) is 15.9. The lowest BCUT2D eigenvalue weighted by molar-refractivity contribution is 0.150. The highest BCUT2D eigenvalue weighted by atomic mass is 19.3. The third kappa shape index (κ3) is 5.09. The minimum atomic E-state index is -2.49. The predicted molar refractivity (Wildman–Crippen MR) is 116 cm³/mol. The van der Waals surface area contributed by atoms with Crippen LogP contribution in [0.5, 0.6) is 0 Å². The van der Waals surface area contributed by atoms with Gasteiger partial charge in [-0.25, -0.2) is 8.78 Å². The summed E-state index contributed by atoms with van der Waals surface area (Å²) in [5.74, 6) is -0.0773. The number of nitrogens with zero attached hydrogens (tertiary/aromatic N) is 1. The van der Waals surface area contributed by atoms with E-state index in [9.17, 15) is 8.78 Å². The van der Waals surface area contributed by atoms with Crippen LogP contribution < -0.4 is 5.32 Å². The first-order valence-corrected chi connectivity index (χ1v) is 10.4. The van der Waals surface area contributed by atoms with E-state index >= 15 is 0 Å². The Labute approximate surface area is 168 Å². The van der Waals surface area contributed by atoms with Crippen molar-refractivity contribution in [2.24, 2.45) is 4.99 Å². The molecule has 0 bridgehead atoms. The van der Waals surface area contributed by atoms with Crippen LogP contribution in [-0.4, -0.2) is 13.3 Å². The Morgan fingerprint density at radius 2 is 1.96 bits per heavy atom. The van der Waals surface area contributed by atoms with Gasteiger partial charge in [0.25, 0.3) is 6.43 Å². The first-order valence-electron chi connectivity index (χ1n) is 10.4. The zero-order valence-electron chi connectivity index (χ0n) is 17.9. The van der Waals surface area contributed by atoms with Crippen molar-refractivity contribution in [3.63, 3.8) is 0 Å². The summed E-state index contributed by atoms with van der Waals surface area (Å²) in [5.41, 5.74) is 6.87. The van der Waals surface area contributed by atoms with Gasteiger partial charge in [-0.05, 0) is 60.9 Å². The van der Waals surface area contributed by atoms with Crippen LogP contribution in [0.15, 0.2) is 34.5 Å². The van der Waals surface area contributed by atoms with Gasteiger partial charge < -0.3 is 10.3 Å². The van der Waals surface area contributed by atoms with E-state index in [1.165, 1.54) is 11.1 Å². The van der Waals surface area contributed by atoms with E-state index in [4.69, 9.17) is 0 Å². The topological polar surface area (TPSA) is 24.4 Å². The fourth-order valence-corrected chi connectivity index (χ4v) is 4.09. The molecular weight excluding hydrogens is 354 g/mol. The largest absolute Gasteiger partial charge is 0.387 e. The first-order chi connectivity index (χ1) is 13.5. The van der Waals surface area contributed by atoms with E-state index in [-0.39, 0.29) is 11.5 Å². The van der Waals surface area contributed by atoms with Crippen molar-refractivity contribution in [1.29, 1.82) is 0 Å². The third-order valence-electron chi connectivity index (χ3n) is 5.69. The maximum atomic E-state index is 13.9. The van der Waals surface area contributed by atoms with Crippen molar-refractivity contribution in [3.05, 3.63) is 51.7 Å². The van der Waals surface area contributed by atoms with Gasteiger partial charge in [0.1, 0.15) is 0 Å². The number of aliphatic imine (C=N–C) groups is 1. The molecule has 154 valence electrons. The van der Waals surface area contributed by atoms with Crippen LogP contribution in [0.3, 0.4) is 0 Å². The highest BCUT2D eigenvalue weighted by molar-refractivity contribution is 5.75. The third-order valence-corrected chi connectivity index (χ3v) is 5.69. The van der Waals surface area contributed by atoms with E-state index in [0.717, 1.165) is 48.8 Å². The zero-order chi connectivity index (χ0) is 20.7. The molecule has 0 radical (unpaired) electrons. The molecule has 0 fully saturated rings. The summed E-state index contributed by atoms with van der Waals surface area (Å²) in [6, 6.07) is 3.71. The molecular formula is C24H34F2N2. The number of fused-ring (bicyclic) bond motifs is 1. The average Bonchev–Trinajstić information content (AvgIpc) is 2.69. The Morgan fingerprint density at radius 1 is 1.21 bits per heavy atom. The zero-order valence-corrected chi connectivity index (χ0v) is 17.9. The van der Waals surface area contributed by atoms with Crippen LogP contribution in [0.4, 0.5) is 8.78 Å². The number of hydrogen-bond acceptors (Lipinski definition) is 2. The molecule has 0 spiro atoms. The highest BCUT2D eigenvalue weighted by Gasteiger charge is 2.24. The number of benzene rings is 1. The molecule has 1 heterocycles. The molecule has 0 saturated carbocycles. The number of rotatable bonds is 9. The van der Waals surface area contributed by atoms with Crippen molar-refractivity contribution in [3.8, 4) is 0 Å². The molecule has 0 aromatic heterocycles. The lowest BCUT2D eigenvalue weighted by Gasteiger charge is -2.25. The standard InChI is InChI=1S/C24H34F2N2/c1-6-9-16(4)17(7-2)10-19-14-28-15-20-11-22(18(8-3)13-27-5)23(24(25)26)12-21(19)20/h11-14,18,24,28H,6-10,15H2,1-5H3/b17-16+,27-13-. The van der Waals surface area contributed by atoms with Gasteiger partial charge in [-0.1, -0.05) is 44.4 Å². The molecule has 1 unspecified atom stereocenters. The second-order valence-electron chi connectivity index (χ2n) is 7.58. The smallest absolute Gasteiger partial charge is 0.264 e. The Morgan fingerprint density at radius 3 is 2.54 bits per heavy atom. The molecule has 0 saturated heterocycles. The van der Waals surface area contributed by atoms with Gasteiger partial charge in [0.05, 0.1) is 0 Å². The van der Waals surface area contributed by atoms with Crippen LogP contribution in [0.25, 0.3) is 5.57 Å². The fourth-order valence-electron chi connectivity index (χ4n) is 4.09. The van der Waals surface area contributed by atoms with Gasteiger partial charge in [-0.2, -0.15) is 0 Å². The average molecular weight is 389 g/mol. The molecule has 2 nitrogen and oxygen atoms in total. The van der Waals surface area contributed by atoms with E-state index in [2.05, 4.69) is 31.1 Å². The maximum Gasteiger partial charge on any atom is 0.264 e. The van der Waals surface area contributed by atoms with Crippen molar-refractivity contribution in [2.75, 3.05) is 7.05 Å². The van der Waals surface area contributed by atoms with Gasteiger partial charge in [-0.3, -0.25) is 0 Å². The number of nitrogens with one attached hydrogen (secondary N) is 1. The molecule has 28 heavy (non-hydrogen) atoms. The summed E-state index contributed by atoms with van der Waals surface area (Å²) in [6.45, 7) is 9.25. The molecule has 1 atom stereocenters. The van der Waals surface area contributed by atoms with Crippen molar-refractivity contribution in [1.82, 2.24) is 5.32 Å². The number of hydrogen-bond donors (Lipinski definition) is 1. The number of halogens is 2. The minimum Gasteiger partial charge on any atom is -0.387 e. The monoisotopic (exact) mass is 388 g/mol. The summed E-state index contributed by atoms with van der Waals surface area (Å²) in [7, 11) is 1.70. The van der Waals surface area contributed by atoms with E-state index < -0.39 is 6.43 Å². The quantitative estimate of drug-likeness (QED) is 0.352. The summed E-state index contributed by atoms with van der Waals surface area (Å²) in [5, 5.41) is 3.35. The molecule has 1 aliphatic rings. The van der Waals surface area contributed by atoms with Crippen molar-refractivity contribution in [2.45, 2.75) is 78.7 Å². The van der Waals surface area contributed by atoms with E-state index in [1.54, 1.807) is 19.3 Å². The molecule has 0 amide bonds. The number of allylic oxidation sites excluding steroid dienone is 3. The SMILES string of the molecule is CCC/C(C)=C(\CC)CC1=CNCc2cc(C(/C=N\C)CC)c(C(F)F)cc21. The fraction of sp³-hybridized carbons (Fsp3) is 0.542. The van der Waals surface area contributed by atoms with Crippen LogP contribution in [0.1, 0.15) is 94.4 Å². The second-order valence-corrected chi connectivity index (χ2v) is 7.58. The van der Waals surface area contributed by atoms with Crippen LogP contribution >= 0.6 is 0 Å². The Kier molecular flexibility index (Phi) is 8.40. The summed E-state index contributed by atoms with van der Waals surface area (Å²) < 4.78 is 27.9. The molecule has 2 rings (SSSR count). The van der Waals surface area contributed by atoms with E-state index in [1.807, 2.05) is 19.2 Å². The molecule has 0 aliphatic carbocycles. The Bertz CT molecular complexity index is 760. The highest BCUT2D eigenvalue weighted by Crippen LogP contribution is 2.37. The lowest BCUT2D eigenvalue weighted by atomic mass is 9.84. The van der Waals surface area contributed by atoms with Gasteiger partial charge in [0.2, 0.25) is 0 Å². The van der Waals surface area contributed by atoms with Gasteiger partial charge in [0.15, 0.2) is 0 Å². The van der Waals surface area contributed by atoms with Crippen LogP contribution in [0, 0.1) is 0 Å². The second kappa shape index (κ2) is 10.5. The minimum absolute atomic E-state index is 0.0773. The molecule has 1 aliphatic heterocycles. The predicted octanol–water partition coefficient (Wildman–Crippen LogP) is 7.18. The van der Waals surface area contributed by atoms with Crippen molar-refractivity contribution >= 4 is 11.8 Å². The molecule has 1 N–H and O–H groups in total. The summed E-state index contributed by atoms with van der Waals surface area (Å²) >= 11 is 0. The van der Waals surface area contributed by atoms with Crippen LogP contribution in [-0.2, 0) is 6.54 Å². The Balaban J connectivity index is 2.50. The summed E-state index contributed by atoms with van der Waals surface area (Å²) in [4.78, 5) is 4.09.